The molecule has 4 heteroatoms. The molecule has 2 saturated carbocycles. The minimum atomic E-state index is -0.393. The van der Waals surface area contributed by atoms with Crippen LogP contribution in [-0.4, -0.2) is 24.8 Å². The van der Waals surface area contributed by atoms with E-state index in [-0.39, 0.29) is 18.0 Å². The third-order valence-corrected chi connectivity index (χ3v) is 7.43. The molecule has 0 aromatic carbocycles. The van der Waals surface area contributed by atoms with Gasteiger partial charge in [0.15, 0.2) is 0 Å². The van der Waals surface area contributed by atoms with Gasteiger partial charge in [0.2, 0.25) is 0 Å². The molecule has 140 valence electrons. The largest absolute Gasteiger partial charge is 0.472 e. The topological polar surface area (TPSA) is 59.7 Å². The summed E-state index contributed by atoms with van der Waals surface area (Å²) in [5.41, 5.74) is 0.904. The average molecular weight is 348 g/mol. The molecular formula is C21H32O4. The zero-order valence-electron chi connectivity index (χ0n) is 15.8. The van der Waals surface area contributed by atoms with Crippen LogP contribution in [0.15, 0.2) is 23.0 Å². The summed E-state index contributed by atoms with van der Waals surface area (Å²) in [6.45, 7) is 4.71. The molecule has 2 fully saturated rings. The molecule has 0 radical (unpaired) electrons. The third-order valence-electron chi connectivity index (χ3n) is 7.43. The second kappa shape index (κ2) is 7.14. The first-order chi connectivity index (χ1) is 12.0. The van der Waals surface area contributed by atoms with E-state index in [9.17, 15) is 9.90 Å². The number of fused-ring (bicyclic) bond motifs is 1. The molecule has 2 aliphatic carbocycles. The average Bonchev–Trinajstić information content (AvgIpc) is 3.12. The number of methoxy groups -OCH3 is 1. The molecule has 3 rings (SSSR count). The van der Waals surface area contributed by atoms with Gasteiger partial charge >= 0.3 is 5.97 Å². The predicted octanol–water partition coefficient (Wildman–Crippen LogP) is 4.22. The van der Waals surface area contributed by atoms with E-state index in [1.54, 1.807) is 6.26 Å². The number of hydrogen-bond acceptors (Lipinski definition) is 4. The van der Waals surface area contributed by atoms with E-state index in [0.717, 1.165) is 44.9 Å². The van der Waals surface area contributed by atoms with E-state index in [4.69, 9.17) is 9.15 Å². The first-order valence-electron chi connectivity index (χ1n) is 9.66. The van der Waals surface area contributed by atoms with E-state index in [2.05, 4.69) is 13.8 Å². The van der Waals surface area contributed by atoms with Crippen molar-refractivity contribution in [3.05, 3.63) is 24.2 Å². The Morgan fingerprint density at radius 1 is 1.36 bits per heavy atom. The van der Waals surface area contributed by atoms with Gasteiger partial charge in [-0.25, -0.2) is 0 Å². The van der Waals surface area contributed by atoms with Crippen LogP contribution in [0.25, 0.3) is 0 Å². The second-order valence-electron chi connectivity index (χ2n) is 8.62. The standard InChI is InChI=1S/C21H32O4/c1-20-10-4-11-21(2,19(23)24-3)18(20)8-6-16(13-22)17(20)7-5-15-9-12-25-14-15/h9,12,14,16-18,22H,4-8,10-11,13H2,1-3H3/t16-,17+,18-,20-,21-/m0/s1. The molecule has 4 nitrogen and oxygen atoms in total. The molecule has 0 bridgehead atoms. The Hall–Kier alpha value is -1.29. The molecule has 1 heterocycles. The summed E-state index contributed by atoms with van der Waals surface area (Å²) in [5, 5.41) is 10.00. The van der Waals surface area contributed by atoms with Crippen LogP contribution >= 0.6 is 0 Å². The van der Waals surface area contributed by atoms with Crippen molar-refractivity contribution in [1.29, 1.82) is 0 Å². The Morgan fingerprint density at radius 3 is 2.80 bits per heavy atom. The number of hydrogen-bond donors (Lipinski definition) is 1. The molecule has 1 aromatic heterocycles. The van der Waals surface area contributed by atoms with E-state index in [1.165, 1.54) is 12.7 Å². The maximum Gasteiger partial charge on any atom is 0.311 e. The van der Waals surface area contributed by atoms with E-state index in [0.29, 0.717) is 17.8 Å². The normalized spacial score (nSPS) is 38.2. The number of rotatable bonds is 5. The Bertz CT molecular complexity index is 581. The fourth-order valence-corrected chi connectivity index (χ4v) is 6.14. The second-order valence-corrected chi connectivity index (χ2v) is 8.62. The Labute approximate surface area is 150 Å². The zero-order chi connectivity index (χ0) is 18.1. The maximum absolute atomic E-state index is 12.6. The summed E-state index contributed by atoms with van der Waals surface area (Å²) in [6.07, 6.45) is 10.7. The number of carbonyl (C=O) groups excluding carboxylic acids is 1. The van der Waals surface area contributed by atoms with Gasteiger partial charge in [-0.15, -0.1) is 0 Å². The molecule has 25 heavy (non-hydrogen) atoms. The van der Waals surface area contributed by atoms with Gasteiger partial charge in [-0.3, -0.25) is 4.79 Å². The van der Waals surface area contributed by atoms with Gasteiger partial charge in [0, 0.05) is 6.61 Å². The molecule has 5 atom stereocenters. The van der Waals surface area contributed by atoms with Crippen molar-refractivity contribution >= 4 is 5.97 Å². The Kier molecular flexibility index (Phi) is 5.29. The minimum absolute atomic E-state index is 0.0561. The van der Waals surface area contributed by atoms with Crippen LogP contribution in [0.5, 0.6) is 0 Å². The van der Waals surface area contributed by atoms with Crippen LogP contribution in [0.1, 0.15) is 57.9 Å². The lowest BCUT2D eigenvalue weighted by molar-refractivity contribution is -0.174. The van der Waals surface area contributed by atoms with Crippen molar-refractivity contribution in [1.82, 2.24) is 0 Å². The van der Waals surface area contributed by atoms with Gasteiger partial charge in [-0.1, -0.05) is 13.3 Å². The molecule has 0 saturated heterocycles. The summed E-state index contributed by atoms with van der Waals surface area (Å²) >= 11 is 0. The monoisotopic (exact) mass is 348 g/mol. The van der Waals surface area contributed by atoms with Crippen LogP contribution in [-0.2, 0) is 16.0 Å². The van der Waals surface area contributed by atoms with Crippen LogP contribution < -0.4 is 0 Å². The van der Waals surface area contributed by atoms with Crippen molar-refractivity contribution in [3.63, 3.8) is 0 Å². The van der Waals surface area contributed by atoms with Crippen molar-refractivity contribution in [2.24, 2.45) is 28.6 Å². The van der Waals surface area contributed by atoms with Gasteiger partial charge < -0.3 is 14.3 Å². The van der Waals surface area contributed by atoms with Crippen LogP contribution in [0.3, 0.4) is 0 Å². The highest BCUT2D eigenvalue weighted by Crippen LogP contribution is 2.62. The highest BCUT2D eigenvalue weighted by molar-refractivity contribution is 5.77. The summed E-state index contributed by atoms with van der Waals surface area (Å²) in [5.74, 6) is 1.03. The molecular weight excluding hydrogens is 316 g/mol. The maximum atomic E-state index is 12.6. The number of aliphatic hydroxyl groups is 1. The van der Waals surface area contributed by atoms with E-state index < -0.39 is 5.41 Å². The van der Waals surface area contributed by atoms with Gasteiger partial charge in [0.25, 0.3) is 0 Å². The van der Waals surface area contributed by atoms with Crippen molar-refractivity contribution < 1.29 is 19.1 Å². The first-order valence-corrected chi connectivity index (χ1v) is 9.66. The summed E-state index contributed by atoms with van der Waals surface area (Å²) < 4.78 is 10.4. The summed E-state index contributed by atoms with van der Waals surface area (Å²) in [7, 11) is 1.51. The molecule has 0 aliphatic heterocycles. The van der Waals surface area contributed by atoms with Gasteiger partial charge in [-0.2, -0.15) is 0 Å². The quantitative estimate of drug-likeness (QED) is 0.810. The summed E-state index contributed by atoms with van der Waals surface area (Å²) in [6, 6.07) is 2.02. The Morgan fingerprint density at radius 2 is 2.16 bits per heavy atom. The minimum Gasteiger partial charge on any atom is -0.472 e. The van der Waals surface area contributed by atoms with Gasteiger partial charge in [0.05, 0.1) is 25.1 Å². The van der Waals surface area contributed by atoms with E-state index >= 15 is 0 Å². The van der Waals surface area contributed by atoms with Gasteiger partial charge in [0.1, 0.15) is 0 Å². The predicted molar refractivity (Wildman–Crippen MR) is 95.9 cm³/mol. The SMILES string of the molecule is COC(=O)[C@@]1(C)CCC[C@@]2(C)[C@H](CCc3ccoc3)[C@H](CO)CC[C@@H]21. The molecule has 0 unspecified atom stereocenters. The number of aliphatic hydroxyl groups excluding tert-OH is 1. The van der Waals surface area contributed by atoms with Crippen molar-refractivity contribution in [2.75, 3.05) is 13.7 Å². The zero-order valence-corrected chi connectivity index (χ0v) is 15.8. The Balaban J connectivity index is 1.87. The molecule has 2 aliphatic rings. The summed E-state index contributed by atoms with van der Waals surface area (Å²) in [4.78, 5) is 12.6. The highest BCUT2D eigenvalue weighted by atomic mass is 16.5. The van der Waals surface area contributed by atoms with Crippen LogP contribution in [0.2, 0.25) is 0 Å². The smallest absolute Gasteiger partial charge is 0.311 e. The fraction of sp³-hybridized carbons (Fsp3) is 0.762. The third kappa shape index (κ3) is 3.14. The fourth-order valence-electron chi connectivity index (χ4n) is 6.14. The number of carbonyl (C=O) groups is 1. The number of ether oxygens (including phenoxy) is 1. The molecule has 1 aromatic rings. The highest BCUT2D eigenvalue weighted by Gasteiger charge is 2.58. The van der Waals surface area contributed by atoms with Gasteiger partial charge in [-0.05, 0) is 80.2 Å². The lowest BCUT2D eigenvalue weighted by Crippen LogP contribution is -2.55. The van der Waals surface area contributed by atoms with E-state index in [1.807, 2.05) is 12.3 Å². The lowest BCUT2D eigenvalue weighted by Gasteiger charge is -2.59. The molecule has 0 amide bonds. The molecule has 1 N–H and O–H groups in total. The first kappa shape index (κ1) is 18.5. The number of esters is 1. The van der Waals surface area contributed by atoms with Crippen LogP contribution in [0.4, 0.5) is 0 Å². The van der Waals surface area contributed by atoms with Crippen LogP contribution in [0, 0.1) is 28.6 Å². The van der Waals surface area contributed by atoms with Crippen molar-refractivity contribution in [2.45, 2.75) is 58.8 Å². The molecule has 0 spiro atoms. The number of aryl methyl sites for hydroxylation is 1. The van der Waals surface area contributed by atoms with Crippen molar-refractivity contribution in [3.8, 4) is 0 Å². The lowest BCUT2D eigenvalue weighted by atomic mass is 9.45. The number of furan rings is 1.